The van der Waals surface area contributed by atoms with Crippen LogP contribution in [0.4, 0.5) is 21.0 Å². The van der Waals surface area contributed by atoms with Gasteiger partial charge in [0.2, 0.25) is 0 Å². The van der Waals surface area contributed by atoms with Crippen LogP contribution in [-0.2, 0) is 4.74 Å². The summed E-state index contributed by atoms with van der Waals surface area (Å²) in [5.41, 5.74) is 0.394. The summed E-state index contributed by atoms with van der Waals surface area (Å²) in [6, 6.07) is 13.9. The van der Waals surface area contributed by atoms with Crippen molar-refractivity contribution in [2.24, 2.45) is 0 Å². The van der Waals surface area contributed by atoms with Crippen molar-refractivity contribution >= 4 is 68.7 Å². The van der Waals surface area contributed by atoms with E-state index in [1.165, 1.54) is 0 Å². The summed E-state index contributed by atoms with van der Waals surface area (Å²) in [5, 5.41) is 2.78. The molecule has 25 heavy (non-hydrogen) atoms. The van der Waals surface area contributed by atoms with Crippen molar-refractivity contribution in [3.8, 4) is 0 Å². The summed E-state index contributed by atoms with van der Waals surface area (Å²) < 4.78 is 7.06. The SMILES string of the molecule is CC(C)(C)OC(=O)N(C(=O)Nc1ccccc1I)c1ccccc1I. The van der Waals surface area contributed by atoms with E-state index < -0.39 is 17.7 Å². The third-order valence-corrected chi connectivity index (χ3v) is 4.84. The molecule has 0 radical (unpaired) electrons. The molecule has 0 fully saturated rings. The van der Waals surface area contributed by atoms with Crippen molar-refractivity contribution < 1.29 is 14.3 Å². The molecule has 0 saturated heterocycles. The van der Waals surface area contributed by atoms with Crippen LogP contribution in [0.3, 0.4) is 0 Å². The van der Waals surface area contributed by atoms with Gasteiger partial charge in [0.15, 0.2) is 0 Å². The minimum atomic E-state index is -0.722. The molecule has 3 amide bonds. The number of halogens is 2. The third-order valence-electron chi connectivity index (χ3n) is 2.99. The molecule has 2 aromatic rings. The van der Waals surface area contributed by atoms with Crippen molar-refractivity contribution in [3.63, 3.8) is 0 Å². The smallest absolute Gasteiger partial charge is 0.423 e. The molecular formula is C18H18I2N2O3. The van der Waals surface area contributed by atoms with Crippen LogP contribution in [0.25, 0.3) is 0 Å². The first-order valence-corrected chi connectivity index (χ1v) is 9.68. The van der Waals surface area contributed by atoms with Gasteiger partial charge in [0.05, 0.1) is 11.4 Å². The normalized spacial score (nSPS) is 10.9. The highest BCUT2D eigenvalue weighted by molar-refractivity contribution is 14.1. The number of hydrogen-bond acceptors (Lipinski definition) is 3. The second kappa shape index (κ2) is 8.35. The summed E-state index contributed by atoms with van der Waals surface area (Å²) in [6.07, 6.45) is -0.722. The maximum Gasteiger partial charge on any atom is 0.423 e. The number of rotatable bonds is 2. The van der Waals surface area contributed by atoms with E-state index in [0.29, 0.717) is 11.4 Å². The minimum absolute atomic E-state index is 0.473. The zero-order valence-electron chi connectivity index (χ0n) is 14.0. The Morgan fingerprint density at radius 2 is 1.52 bits per heavy atom. The van der Waals surface area contributed by atoms with E-state index >= 15 is 0 Å². The number of carbonyl (C=O) groups is 2. The van der Waals surface area contributed by atoms with Crippen molar-refractivity contribution in [3.05, 3.63) is 55.7 Å². The lowest BCUT2D eigenvalue weighted by atomic mass is 10.2. The number of urea groups is 1. The summed E-state index contributed by atoms with van der Waals surface area (Å²) in [5.74, 6) is 0. The predicted molar refractivity (Wildman–Crippen MR) is 116 cm³/mol. The first-order chi connectivity index (χ1) is 11.7. The van der Waals surface area contributed by atoms with Crippen LogP contribution in [0.5, 0.6) is 0 Å². The molecule has 132 valence electrons. The van der Waals surface area contributed by atoms with Crippen molar-refractivity contribution in [1.82, 2.24) is 0 Å². The molecule has 0 aliphatic heterocycles. The fraction of sp³-hybridized carbons (Fsp3) is 0.222. The van der Waals surface area contributed by atoms with Crippen LogP contribution < -0.4 is 10.2 Å². The molecule has 0 unspecified atom stereocenters. The maximum absolute atomic E-state index is 12.9. The second-order valence-corrected chi connectivity index (χ2v) is 8.50. The van der Waals surface area contributed by atoms with Gasteiger partial charge in [-0.2, -0.15) is 4.90 Å². The molecule has 0 atom stereocenters. The molecular weight excluding hydrogens is 546 g/mol. The number of ether oxygens (including phenoxy) is 1. The Hall–Kier alpha value is -1.36. The van der Waals surface area contributed by atoms with E-state index in [0.717, 1.165) is 12.0 Å². The van der Waals surface area contributed by atoms with Gasteiger partial charge in [-0.05, 0) is 90.2 Å². The van der Waals surface area contributed by atoms with Gasteiger partial charge in [0.25, 0.3) is 0 Å². The number of hydrogen-bond donors (Lipinski definition) is 1. The van der Waals surface area contributed by atoms with Crippen molar-refractivity contribution in [2.75, 3.05) is 10.2 Å². The highest BCUT2D eigenvalue weighted by atomic mass is 127. The largest absolute Gasteiger partial charge is 0.443 e. The highest BCUT2D eigenvalue weighted by Crippen LogP contribution is 2.26. The Kier molecular flexibility index (Phi) is 6.66. The molecule has 0 bridgehead atoms. The average Bonchev–Trinajstić information content (AvgIpc) is 2.50. The molecule has 0 aliphatic rings. The van der Waals surface area contributed by atoms with E-state index in [-0.39, 0.29) is 0 Å². The fourth-order valence-electron chi connectivity index (χ4n) is 1.96. The first-order valence-electron chi connectivity index (χ1n) is 7.52. The molecule has 2 rings (SSSR count). The van der Waals surface area contributed by atoms with Crippen LogP contribution >= 0.6 is 45.2 Å². The maximum atomic E-state index is 12.9. The Morgan fingerprint density at radius 1 is 0.960 bits per heavy atom. The Labute approximate surface area is 174 Å². The summed E-state index contributed by atoms with van der Waals surface area (Å²) in [4.78, 5) is 26.5. The Balaban J connectivity index is 2.37. The van der Waals surface area contributed by atoms with Crippen LogP contribution in [0.1, 0.15) is 20.8 Å². The Morgan fingerprint density at radius 3 is 2.08 bits per heavy atom. The van der Waals surface area contributed by atoms with E-state index in [1.54, 1.807) is 39.0 Å². The third kappa shape index (κ3) is 5.56. The van der Waals surface area contributed by atoms with Gasteiger partial charge in [-0.1, -0.05) is 24.3 Å². The van der Waals surface area contributed by atoms with Crippen LogP contribution in [0.15, 0.2) is 48.5 Å². The number of nitrogens with one attached hydrogen (secondary N) is 1. The standard InChI is InChI=1S/C18H18I2N2O3/c1-18(2,3)25-17(24)22(15-11-7-5-9-13(15)20)16(23)21-14-10-6-4-8-12(14)19/h4-11H,1-3H3,(H,21,23). The zero-order chi connectivity index (χ0) is 18.6. The van der Waals surface area contributed by atoms with Crippen LogP contribution in [-0.4, -0.2) is 17.7 Å². The van der Waals surface area contributed by atoms with Crippen LogP contribution in [0.2, 0.25) is 0 Å². The molecule has 0 saturated carbocycles. The van der Waals surface area contributed by atoms with Gasteiger partial charge in [-0.25, -0.2) is 9.59 Å². The van der Waals surface area contributed by atoms with Crippen LogP contribution in [0, 0.1) is 7.14 Å². The molecule has 0 heterocycles. The highest BCUT2D eigenvalue weighted by Gasteiger charge is 2.30. The van der Waals surface area contributed by atoms with Crippen molar-refractivity contribution in [1.29, 1.82) is 0 Å². The number of imide groups is 1. The van der Waals surface area contributed by atoms with E-state index in [4.69, 9.17) is 4.74 Å². The second-order valence-electron chi connectivity index (χ2n) is 6.18. The number of anilines is 2. The lowest BCUT2D eigenvalue weighted by Gasteiger charge is -2.27. The monoisotopic (exact) mass is 564 g/mol. The van der Waals surface area contributed by atoms with Gasteiger partial charge >= 0.3 is 12.1 Å². The number of benzene rings is 2. The van der Waals surface area contributed by atoms with E-state index in [2.05, 4.69) is 50.5 Å². The molecule has 7 heteroatoms. The summed E-state index contributed by atoms with van der Waals surface area (Å²) >= 11 is 4.21. The topological polar surface area (TPSA) is 58.6 Å². The van der Waals surface area contributed by atoms with Gasteiger partial charge in [-0.15, -0.1) is 0 Å². The molecule has 0 spiro atoms. The van der Waals surface area contributed by atoms with Gasteiger partial charge in [0.1, 0.15) is 5.60 Å². The number of amides is 3. The van der Waals surface area contributed by atoms with E-state index in [1.807, 2.05) is 30.3 Å². The number of nitrogens with zero attached hydrogens (tertiary/aromatic N) is 1. The number of carbonyl (C=O) groups excluding carboxylic acids is 2. The number of para-hydroxylation sites is 2. The lowest BCUT2D eigenvalue weighted by Crippen LogP contribution is -2.43. The summed E-state index contributed by atoms with van der Waals surface area (Å²) in [7, 11) is 0. The molecule has 5 nitrogen and oxygen atoms in total. The minimum Gasteiger partial charge on any atom is -0.443 e. The molecule has 0 aliphatic carbocycles. The van der Waals surface area contributed by atoms with Crippen molar-refractivity contribution in [2.45, 2.75) is 26.4 Å². The molecule has 0 aromatic heterocycles. The summed E-state index contributed by atoms with van der Waals surface area (Å²) in [6.45, 7) is 5.28. The van der Waals surface area contributed by atoms with Gasteiger partial charge in [-0.3, -0.25) is 0 Å². The first kappa shape index (κ1) is 20.0. The molecule has 2 aromatic carbocycles. The fourth-order valence-corrected chi connectivity index (χ4v) is 3.12. The predicted octanol–water partition coefficient (Wildman–Crippen LogP) is 5.87. The molecule has 1 N–H and O–H groups in total. The Bertz CT molecular complexity index is 788. The van der Waals surface area contributed by atoms with Gasteiger partial charge in [0, 0.05) is 7.14 Å². The van der Waals surface area contributed by atoms with Gasteiger partial charge < -0.3 is 10.1 Å². The quantitative estimate of drug-likeness (QED) is 0.465. The average molecular weight is 564 g/mol. The lowest BCUT2D eigenvalue weighted by molar-refractivity contribution is 0.0595. The van der Waals surface area contributed by atoms with E-state index in [9.17, 15) is 9.59 Å². The zero-order valence-corrected chi connectivity index (χ0v) is 18.4.